The minimum absolute atomic E-state index is 0.213. The molecule has 1 heterocycles. The molecule has 0 aromatic heterocycles. The van der Waals surface area contributed by atoms with Gasteiger partial charge < -0.3 is 10.0 Å². The van der Waals surface area contributed by atoms with Gasteiger partial charge in [0.25, 0.3) is 0 Å². The van der Waals surface area contributed by atoms with E-state index in [9.17, 15) is 4.39 Å². The van der Waals surface area contributed by atoms with Crippen LogP contribution in [0.15, 0.2) is 18.2 Å². The Labute approximate surface area is 125 Å². The van der Waals surface area contributed by atoms with Crippen LogP contribution < -0.4 is 5.46 Å². The van der Waals surface area contributed by atoms with E-state index >= 15 is 0 Å². The zero-order valence-corrected chi connectivity index (χ0v) is 12.3. The second-order valence-corrected chi connectivity index (χ2v) is 6.45. The van der Waals surface area contributed by atoms with Gasteiger partial charge in [-0.2, -0.15) is 0 Å². The molecule has 0 bridgehead atoms. The lowest BCUT2D eigenvalue weighted by Crippen LogP contribution is -2.35. The van der Waals surface area contributed by atoms with E-state index in [4.69, 9.17) is 10.0 Å². The van der Waals surface area contributed by atoms with Crippen LogP contribution in [0.4, 0.5) is 4.39 Å². The maximum absolute atomic E-state index is 14.1. The van der Waals surface area contributed by atoms with Crippen molar-refractivity contribution in [1.29, 1.82) is 0 Å². The third-order valence-corrected chi connectivity index (χ3v) is 5.11. The Morgan fingerprint density at radius 1 is 1.14 bits per heavy atom. The van der Waals surface area contributed by atoms with Crippen molar-refractivity contribution >= 4 is 12.6 Å². The highest BCUT2D eigenvalue weighted by molar-refractivity contribution is 6.58. The van der Waals surface area contributed by atoms with E-state index in [1.807, 2.05) is 0 Å². The van der Waals surface area contributed by atoms with Crippen molar-refractivity contribution in [3.63, 3.8) is 0 Å². The Bertz CT molecular complexity index is 491. The second kappa shape index (κ2) is 6.47. The van der Waals surface area contributed by atoms with Crippen molar-refractivity contribution in [2.24, 2.45) is 5.92 Å². The Hall–Kier alpha value is -0.905. The van der Waals surface area contributed by atoms with Crippen LogP contribution in [0.25, 0.3) is 0 Å². The summed E-state index contributed by atoms with van der Waals surface area (Å²) in [5.74, 6) is 0.451. The van der Waals surface area contributed by atoms with E-state index < -0.39 is 7.12 Å². The SMILES string of the molecule is OB(O)c1ccc(CN2CCCC2C2CCCC2)c(F)c1. The number of hydrogen-bond acceptors (Lipinski definition) is 3. The van der Waals surface area contributed by atoms with Gasteiger partial charge in [0.05, 0.1) is 0 Å². The molecule has 114 valence electrons. The largest absolute Gasteiger partial charge is 0.488 e. The van der Waals surface area contributed by atoms with Crippen molar-refractivity contribution in [3.05, 3.63) is 29.6 Å². The first-order chi connectivity index (χ1) is 10.1. The lowest BCUT2D eigenvalue weighted by molar-refractivity contribution is 0.181. The number of likely N-dealkylation sites (tertiary alicyclic amines) is 1. The molecule has 3 nitrogen and oxygen atoms in total. The molecule has 5 heteroatoms. The smallest absolute Gasteiger partial charge is 0.423 e. The van der Waals surface area contributed by atoms with Gasteiger partial charge in [-0.1, -0.05) is 25.0 Å². The second-order valence-electron chi connectivity index (χ2n) is 6.45. The molecular weight excluding hydrogens is 268 g/mol. The maximum Gasteiger partial charge on any atom is 0.488 e. The van der Waals surface area contributed by atoms with Gasteiger partial charge >= 0.3 is 7.12 Å². The minimum Gasteiger partial charge on any atom is -0.423 e. The molecular formula is C16H23BFNO2. The van der Waals surface area contributed by atoms with Gasteiger partial charge in [-0.3, -0.25) is 4.90 Å². The van der Waals surface area contributed by atoms with Crippen molar-refractivity contribution in [2.45, 2.75) is 51.1 Å². The highest BCUT2D eigenvalue weighted by atomic mass is 19.1. The molecule has 1 unspecified atom stereocenters. The summed E-state index contributed by atoms with van der Waals surface area (Å²) < 4.78 is 14.1. The Balaban J connectivity index is 1.70. The summed E-state index contributed by atoms with van der Waals surface area (Å²) in [7, 11) is -1.61. The first-order valence-electron chi connectivity index (χ1n) is 8.03. The molecule has 21 heavy (non-hydrogen) atoms. The molecule has 1 saturated carbocycles. The highest BCUT2D eigenvalue weighted by Crippen LogP contribution is 2.36. The van der Waals surface area contributed by atoms with Gasteiger partial charge in [0.15, 0.2) is 0 Å². The molecule has 1 aromatic rings. The van der Waals surface area contributed by atoms with Crippen LogP contribution in [0, 0.1) is 11.7 Å². The maximum atomic E-state index is 14.1. The van der Waals surface area contributed by atoms with Crippen LogP contribution in [-0.2, 0) is 6.54 Å². The lowest BCUT2D eigenvalue weighted by atomic mass is 9.80. The molecule has 1 atom stereocenters. The fraction of sp³-hybridized carbons (Fsp3) is 0.625. The molecule has 1 aliphatic heterocycles. The molecule has 2 aliphatic rings. The Kier molecular flexibility index (Phi) is 4.62. The van der Waals surface area contributed by atoms with Gasteiger partial charge in [-0.15, -0.1) is 0 Å². The summed E-state index contributed by atoms with van der Waals surface area (Å²) >= 11 is 0. The number of halogens is 1. The van der Waals surface area contributed by atoms with Crippen molar-refractivity contribution in [1.82, 2.24) is 4.90 Å². The van der Waals surface area contributed by atoms with Gasteiger partial charge in [0, 0.05) is 18.2 Å². The van der Waals surface area contributed by atoms with Crippen LogP contribution in [0.5, 0.6) is 0 Å². The average Bonchev–Trinajstić information content (AvgIpc) is 3.11. The normalized spacial score (nSPS) is 23.9. The van der Waals surface area contributed by atoms with E-state index in [0.717, 1.165) is 12.5 Å². The summed E-state index contributed by atoms with van der Waals surface area (Å²) in [5.41, 5.74) is 0.870. The molecule has 2 N–H and O–H groups in total. The molecule has 1 aromatic carbocycles. The van der Waals surface area contributed by atoms with E-state index in [0.29, 0.717) is 18.2 Å². The average molecular weight is 291 g/mol. The van der Waals surface area contributed by atoms with E-state index in [1.165, 1.54) is 44.6 Å². The predicted octanol–water partition coefficient (Wildman–Crippen LogP) is 1.66. The zero-order valence-electron chi connectivity index (χ0n) is 12.3. The highest BCUT2D eigenvalue weighted by Gasteiger charge is 2.33. The summed E-state index contributed by atoms with van der Waals surface area (Å²) in [4.78, 5) is 2.42. The standard InChI is InChI=1S/C16H23BFNO2/c18-15-10-14(17(20)21)8-7-13(15)11-19-9-3-6-16(19)12-4-1-2-5-12/h7-8,10,12,16,20-21H,1-6,9,11H2. The molecule has 1 aliphatic carbocycles. The quantitative estimate of drug-likeness (QED) is 0.829. The monoisotopic (exact) mass is 291 g/mol. The van der Waals surface area contributed by atoms with Crippen molar-refractivity contribution < 1.29 is 14.4 Å². The number of rotatable bonds is 4. The zero-order chi connectivity index (χ0) is 14.8. The van der Waals surface area contributed by atoms with Gasteiger partial charge in [-0.25, -0.2) is 4.39 Å². The van der Waals surface area contributed by atoms with Crippen LogP contribution in [0.1, 0.15) is 44.1 Å². The summed E-state index contributed by atoms with van der Waals surface area (Å²) in [5, 5.41) is 18.2. The van der Waals surface area contributed by atoms with Gasteiger partial charge in [0.2, 0.25) is 0 Å². The molecule has 0 spiro atoms. The Morgan fingerprint density at radius 2 is 1.90 bits per heavy atom. The number of benzene rings is 1. The molecule has 3 rings (SSSR count). The van der Waals surface area contributed by atoms with Crippen molar-refractivity contribution in [3.8, 4) is 0 Å². The van der Waals surface area contributed by atoms with Crippen LogP contribution in [0.2, 0.25) is 0 Å². The fourth-order valence-corrected chi connectivity index (χ4v) is 4.00. The van der Waals surface area contributed by atoms with E-state index in [1.54, 1.807) is 12.1 Å². The lowest BCUT2D eigenvalue weighted by Gasteiger charge is -2.29. The third kappa shape index (κ3) is 3.30. The van der Waals surface area contributed by atoms with Gasteiger partial charge in [0.1, 0.15) is 5.82 Å². The summed E-state index contributed by atoms with van der Waals surface area (Å²) in [6.07, 6.45) is 7.76. The third-order valence-electron chi connectivity index (χ3n) is 5.11. The van der Waals surface area contributed by atoms with Crippen LogP contribution >= 0.6 is 0 Å². The van der Waals surface area contributed by atoms with E-state index in [2.05, 4.69) is 4.90 Å². The van der Waals surface area contributed by atoms with Crippen molar-refractivity contribution in [2.75, 3.05) is 6.54 Å². The molecule has 0 radical (unpaired) electrons. The minimum atomic E-state index is -1.61. The first-order valence-corrected chi connectivity index (χ1v) is 8.03. The fourth-order valence-electron chi connectivity index (χ4n) is 4.00. The number of nitrogens with zero attached hydrogens (tertiary/aromatic N) is 1. The van der Waals surface area contributed by atoms with Gasteiger partial charge in [-0.05, 0) is 49.7 Å². The number of hydrogen-bond donors (Lipinski definition) is 2. The molecule has 0 amide bonds. The van der Waals surface area contributed by atoms with Crippen LogP contribution in [-0.4, -0.2) is 34.7 Å². The van der Waals surface area contributed by atoms with E-state index in [-0.39, 0.29) is 11.3 Å². The molecule has 2 fully saturated rings. The predicted molar refractivity (Wildman–Crippen MR) is 81.6 cm³/mol. The summed E-state index contributed by atoms with van der Waals surface area (Å²) in [6, 6.07) is 5.13. The Morgan fingerprint density at radius 3 is 2.57 bits per heavy atom. The molecule has 1 saturated heterocycles. The van der Waals surface area contributed by atoms with Crippen LogP contribution in [0.3, 0.4) is 0 Å². The topological polar surface area (TPSA) is 43.7 Å². The summed E-state index contributed by atoms with van der Waals surface area (Å²) in [6.45, 7) is 1.68. The first kappa shape index (κ1) is 15.0.